The van der Waals surface area contributed by atoms with E-state index < -0.39 is 18.2 Å². The molecule has 1 N–H and O–H groups in total. The fraction of sp³-hybridized carbons (Fsp3) is 0.417. The number of esters is 1. The number of hydrogen-bond donors (Lipinski definition) is 1. The van der Waals surface area contributed by atoms with Gasteiger partial charge in [0.25, 0.3) is 0 Å². The van der Waals surface area contributed by atoms with Crippen molar-refractivity contribution in [2.24, 2.45) is 0 Å². The van der Waals surface area contributed by atoms with Gasteiger partial charge in [0.05, 0.1) is 7.11 Å². The van der Waals surface area contributed by atoms with E-state index in [1.54, 1.807) is 18.2 Å². The summed E-state index contributed by atoms with van der Waals surface area (Å²) in [4.78, 5) is 10.9. The Labute approximate surface area is 103 Å². The normalized spacial score (nSPS) is 12.9. The first-order chi connectivity index (χ1) is 8.43. The van der Waals surface area contributed by atoms with Gasteiger partial charge in [0.15, 0.2) is 0 Å². The highest BCUT2D eigenvalue weighted by molar-refractivity contribution is 5.69. The second-order valence-corrected chi connectivity index (χ2v) is 3.72. The van der Waals surface area contributed by atoms with E-state index in [0.29, 0.717) is 5.69 Å². The number of rotatable bonds is 5. The SMILES string of the molecule is COC(=O)CC[C@H](Nc1ccccc1)C(F)(F)F. The van der Waals surface area contributed by atoms with E-state index >= 15 is 0 Å². The van der Waals surface area contributed by atoms with Gasteiger partial charge in [-0.2, -0.15) is 13.2 Å². The topological polar surface area (TPSA) is 38.3 Å². The summed E-state index contributed by atoms with van der Waals surface area (Å²) in [5, 5.41) is 2.37. The molecule has 0 aliphatic heterocycles. The molecule has 0 aliphatic rings. The van der Waals surface area contributed by atoms with Crippen molar-refractivity contribution in [1.82, 2.24) is 0 Å². The molecule has 1 rings (SSSR count). The molecule has 0 saturated carbocycles. The van der Waals surface area contributed by atoms with Gasteiger partial charge in [-0.25, -0.2) is 0 Å². The number of carbonyl (C=O) groups excluding carboxylic acids is 1. The minimum Gasteiger partial charge on any atom is -0.469 e. The van der Waals surface area contributed by atoms with E-state index in [4.69, 9.17) is 0 Å². The first-order valence-corrected chi connectivity index (χ1v) is 5.38. The summed E-state index contributed by atoms with van der Waals surface area (Å²) in [6, 6.07) is 6.29. The standard InChI is InChI=1S/C12H14F3NO2/c1-18-11(17)8-7-10(12(13,14)15)16-9-5-3-2-4-6-9/h2-6,10,16H,7-8H2,1H3/t10-/m0/s1. The van der Waals surface area contributed by atoms with Gasteiger partial charge in [-0.15, -0.1) is 0 Å². The van der Waals surface area contributed by atoms with Crippen LogP contribution in [0.15, 0.2) is 30.3 Å². The number of ether oxygens (including phenoxy) is 1. The molecular formula is C12H14F3NO2. The molecular weight excluding hydrogens is 247 g/mol. The van der Waals surface area contributed by atoms with E-state index in [2.05, 4.69) is 10.1 Å². The molecule has 0 aliphatic carbocycles. The molecule has 0 fully saturated rings. The summed E-state index contributed by atoms with van der Waals surface area (Å²) in [7, 11) is 1.15. The molecule has 100 valence electrons. The molecule has 0 radical (unpaired) electrons. The van der Waals surface area contributed by atoms with Crippen molar-refractivity contribution in [1.29, 1.82) is 0 Å². The van der Waals surface area contributed by atoms with Crippen molar-refractivity contribution < 1.29 is 22.7 Å². The largest absolute Gasteiger partial charge is 0.469 e. The molecule has 6 heteroatoms. The number of alkyl halides is 3. The van der Waals surface area contributed by atoms with Crippen LogP contribution in [0.25, 0.3) is 0 Å². The molecule has 18 heavy (non-hydrogen) atoms. The number of para-hydroxylation sites is 1. The van der Waals surface area contributed by atoms with Crippen LogP contribution in [0.3, 0.4) is 0 Å². The van der Waals surface area contributed by atoms with Crippen LogP contribution in [0.5, 0.6) is 0 Å². The smallest absolute Gasteiger partial charge is 0.408 e. The lowest BCUT2D eigenvalue weighted by molar-refractivity contribution is -0.149. The number of carbonyl (C=O) groups is 1. The maximum atomic E-state index is 12.7. The third kappa shape index (κ3) is 4.65. The number of anilines is 1. The zero-order valence-corrected chi connectivity index (χ0v) is 9.83. The fourth-order valence-corrected chi connectivity index (χ4v) is 1.42. The number of hydrogen-bond acceptors (Lipinski definition) is 3. The van der Waals surface area contributed by atoms with E-state index in [1.807, 2.05) is 0 Å². The van der Waals surface area contributed by atoms with Crippen molar-refractivity contribution in [2.45, 2.75) is 25.1 Å². The van der Waals surface area contributed by atoms with Gasteiger partial charge in [-0.1, -0.05) is 18.2 Å². The van der Waals surface area contributed by atoms with Crippen LogP contribution in [0, 0.1) is 0 Å². The third-order valence-corrected chi connectivity index (χ3v) is 2.37. The average Bonchev–Trinajstić information content (AvgIpc) is 2.33. The summed E-state index contributed by atoms with van der Waals surface area (Å²) in [6.45, 7) is 0. The second kappa shape index (κ2) is 6.28. The lowest BCUT2D eigenvalue weighted by atomic mass is 10.1. The quantitative estimate of drug-likeness (QED) is 0.828. The van der Waals surface area contributed by atoms with Crippen LogP contribution in [0.1, 0.15) is 12.8 Å². The van der Waals surface area contributed by atoms with Gasteiger partial charge in [-0.05, 0) is 18.6 Å². The van der Waals surface area contributed by atoms with Gasteiger partial charge >= 0.3 is 12.1 Å². The molecule has 0 spiro atoms. The highest BCUT2D eigenvalue weighted by Gasteiger charge is 2.39. The highest BCUT2D eigenvalue weighted by atomic mass is 19.4. The molecule has 0 aromatic heterocycles. The lowest BCUT2D eigenvalue weighted by Gasteiger charge is -2.22. The minimum absolute atomic E-state index is 0.277. The van der Waals surface area contributed by atoms with Crippen LogP contribution in [0.2, 0.25) is 0 Å². The molecule has 0 unspecified atom stereocenters. The van der Waals surface area contributed by atoms with Crippen LogP contribution in [-0.2, 0) is 9.53 Å². The summed E-state index contributed by atoms with van der Waals surface area (Å²) < 4.78 is 42.6. The number of halogens is 3. The molecule has 1 aromatic carbocycles. The van der Waals surface area contributed by atoms with E-state index in [1.165, 1.54) is 12.1 Å². The van der Waals surface area contributed by atoms with Crippen molar-refractivity contribution in [3.8, 4) is 0 Å². The fourth-order valence-electron chi connectivity index (χ4n) is 1.42. The molecule has 0 saturated heterocycles. The molecule has 0 amide bonds. The summed E-state index contributed by atoms with van der Waals surface area (Å²) >= 11 is 0. The predicted octanol–water partition coefficient (Wildman–Crippen LogP) is 2.98. The highest BCUT2D eigenvalue weighted by Crippen LogP contribution is 2.26. The van der Waals surface area contributed by atoms with Crippen molar-refractivity contribution in [3.05, 3.63) is 30.3 Å². The Kier molecular flexibility index (Phi) is 5.00. The Morgan fingerprint density at radius 2 is 1.94 bits per heavy atom. The van der Waals surface area contributed by atoms with Crippen LogP contribution >= 0.6 is 0 Å². The first kappa shape index (κ1) is 14.3. The molecule has 3 nitrogen and oxygen atoms in total. The lowest BCUT2D eigenvalue weighted by Crippen LogP contribution is -2.36. The zero-order valence-electron chi connectivity index (χ0n) is 9.83. The van der Waals surface area contributed by atoms with E-state index in [-0.39, 0.29) is 12.8 Å². The minimum atomic E-state index is -4.41. The first-order valence-electron chi connectivity index (χ1n) is 5.38. The summed E-state index contributed by atoms with van der Waals surface area (Å²) in [6.07, 6.45) is -5.05. The van der Waals surface area contributed by atoms with Gasteiger partial charge < -0.3 is 10.1 Å². The van der Waals surface area contributed by atoms with Gasteiger partial charge in [0.1, 0.15) is 6.04 Å². The zero-order chi connectivity index (χ0) is 13.6. The van der Waals surface area contributed by atoms with Gasteiger partial charge in [0, 0.05) is 12.1 Å². The molecule has 1 atom stereocenters. The van der Waals surface area contributed by atoms with Crippen molar-refractivity contribution in [3.63, 3.8) is 0 Å². The Morgan fingerprint density at radius 1 is 1.33 bits per heavy atom. The Hall–Kier alpha value is -1.72. The Morgan fingerprint density at radius 3 is 2.44 bits per heavy atom. The average molecular weight is 261 g/mol. The number of nitrogens with one attached hydrogen (secondary N) is 1. The van der Waals surface area contributed by atoms with E-state index in [0.717, 1.165) is 7.11 Å². The van der Waals surface area contributed by atoms with Gasteiger partial charge in [0.2, 0.25) is 0 Å². The van der Waals surface area contributed by atoms with Gasteiger partial charge in [-0.3, -0.25) is 4.79 Å². The predicted molar refractivity (Wildman–Crippen MR) is 61.2 cm³/mol. The van der Waals surface area contributed by atoms with Crippen LogP contribution in [-0.4, -0.2) is 25.3 Å². The Bertz CT molecular complexity index is 379. The molecule has 1 aromatic rings. The van der Waals surface area contributed by atoms with E-state index in [9.17, 15) is 18.0 Å². The number of benzene rings is 1. The second-order valence-electron chi connectivity index (χ2n) is 3.72. The van der Waals surface area contributed by atoms with Crippen molar-refractivity contribution >= 4 is 11.7 Å². The molecule has 0 heterocycles. The Balaban J connectivity index is 2.65. The third-order valence-electron chi connectivity index (χ3n) is 2.37. The van der Waals surface area contributed by atoms with Crippen molar-refractivity contribution in [2.75, 3.05) is 12.4 Å². The number of methoxy groups -OCH3 is 1. The summed E-state index contributed by atoms with van der Waals surface area (Å²) in [5.41, 5.74) is 0.365. The maximum Gasteiger partial charge on any atom is 0.408 e. The molecule has 0 bridgehead atoms. The monoisotopic (exact) mass is 261 g/mol. The summed E-state index contributed by atoms with van der Waals surface area (Å²) in [5.74, 6) is -0.654. The van der Waals surface area contributed by atoms with Crippen LogP contribution < -0.4 is 5.32 Å². The van der Waals surface area contributed by atoms with Crippen LogP contribution in [0.4, 0.5) is 18.9 Å². The maximum absolute atomic E-state index is 12.7.